The molecular formula is C14H22N2O. The lowest BCUT2D eigenvalue weighted by atomic mass is 10.1. The molecular weight excluding hydrogens is 212 g/mol. The lowest BCUT2D eigenvalue weighted by Gasteiger charge is -2.16. The predicted molar refractivity (Wildman–Crippen MR) is 70.0 cm³/mol. The van der Waals surface area contributed by atoms with Crippen LogP contribution in [0.5, 0.6) is 0 Å². The number of carbonyl (C=O) groups excluding carboxylic acids is 1. The van der Waals surface area contributed by atoms with Crippen molar-refractivity contribution in [3.05, 3.63) is 30.1 Å². The minimum atomic E-state index is 0.368. The number of carbonyl (C=O) groups is 1. The van der Waals surface area contributed by atoms with Crippen LogP contribution < -0.4 is 0 Å². The van der Waals surface area contributed by atoms with Gasteiger partial charge in [-0.2, -0.15) is 0 Å². The Hall–Kier alpha value is -1.22. The zero-order valence-corrected chi connectivity index (χ0v) is 10.9. The van der Waals surface area contributed by atoms with Gasteiger partial charge in [-0.3, -0.25) is 9.78 Å². The molecule has 3 heteroatoms. The minimum absolute atomic E-state index is 0.368. The highest BCUT2D eigenvalue weighted by atomic mass is 16.1. The number of aromatic nitrogens is 1. The first-order chi connectivity index (χ1) is 8.22. The summed E-state index contributed by atoms with van der Waals surface area (Å²) in [6.07, 6.45) is 7.06. The van der Waals surface area contributed by atoms with Gasteiger partial charge in [-0.1, -0.05) is 6.92 Å². The van der Waals surface area contributed by atoms with Gasteiger partial charge in [0.15, 0.2) is 0 Å². The molecule has 0 spiro atoms. The van der Waals surface area contributed by atoms with Crippen LogP contribution in [-0.4, -0.2) is 35.8 Å². The molecule has 1 aromatic rings. The van der Waals surface area contributed by atoms with Gasteiger partial charge in [-0.15, -0.1) is 0 Å². The van der Waals surface area contributed by atoms with Crippen molar-refractivity contribution in [2.45, 2.75) is 32.6 Å². The number of pyridine rings is 1. The third-order valence-electron chi connectivity index (χ3n) is 2.92. The molecule has 17 heavy (non-hydrogen) atoms. The summed E-state index contributed by atoms with van der Waals surface area (Å²) in [5, 5.41) is 0. The molecule has 0 radical (unpaired) electrons. The van der Waals surface area contributed by atoms with Crippen LogP contribution in [0, 0.1) is 0 Å². The van der Waals surface area contributed by atoms with E-state index in [0.717, 1.165) is 32.4 Å². The van der Waals surface area contributed by atoms with E-state index in [2.05, 4.69) is 29.1 Å². The van der Waals surface area contributed by atoms with Gasteiger partial charge in [0.1, 0.15) is 5.78 Å². The van der Waals surface area contributed by atoms with Crippen molar-refractivity contribution in [3.8, 4) is 0 Å². The first-order valence-corrected chi connectivity index (χ1v) is 6.31. The van der Waals surface area contributed by atoms with Crippen LogP contribution in [0.1, 0.15) is 31.7 Å². The highest BCUT2D eigenvalue weighted by molar-refractivity contribution is 5.77. The number of hydrogen-bond acceptors (Lipinski definition) is 3. The molecule has 0 N–H and O–H groups in total. The largest absolute Gasteiger partial charge is 0.306 e. The average Bonchev–Trinajstić information content (AvgIpc) is 2.37. The summed E-state index contributed by atoms with van der Waals surface area (Å²) < 4.78 is 0. The molecule has 0 fully saturated rings. The van der Waals surface area contributed by atoms with Gasteiger partial charge < -0.3 is 4.90 Å². The Kier molecular flexibility index (Phi) is 6.48. The Morgan fingerprint density at radius 2 is 2.00 bits per heavy atom. The molecule has 0 saturated carbocycles. The maximum absolute atomic E-state index is 11.1. The van der Waals surface area contributed by atoms with Gasteiger partial charge in [0.05, 0.1) is 0 Å². The van der Waals surface area contributed by atoms with E-state index in [0.29, 0.717) is 12.2 Å². The second-order valence-electron chi connectivity index (χ2n) is 4.40. The molecule has 0 saturated heterocycles. The standard InChI is InChI=1S/C14H22N2O/c1-3-14(17)5-4-11-16(2)12-8-13-6-9-15-10-7-13/h6-7,9-10H,3-5,8,11-12H2,1-2H3. The molecule has 0 aliphatic rings. The zero-order chi connectivity index (χ0) is 12.5. The number of hydrogen-bond donors (Lipinski definition) is 0. The molecule has 0 aromatic carbocycles. The normalized spacial score (nSPS) is 10.8. The van der Waals surface area contributed by atoms with Crippen molar-refractivity contribution in [2.75, 3.05) is 20.1 Å². The van der Waals surface area contributed by atoms with E-state index in [1.165, 1.54) is 5.56 Å². The Morgan fingerprint density at radius 3 is 2.65 bits per heavy atom. The third kappa shape index (κ3) is 6.17. The molecule has 0 aliphatic heterocycles. The lowest BCUT2D eigenvalue weighted by Crippen LogP contribution is -2.23. The fourth-order valence-corrected chi connectivity index (χ4v) is 1.70. The Morgan fingerprint density at radius 1 is 1.29 bits per heavy atom. The van der Waals surface area contributed by atoms with Crippen LogP contribution in [0.4, 0.5) is 0 Å². The second kappa shape index (κ2) is 7.96. The first-order valence-electron chi connectivity index (χ1n) is 6.31. The highest BCUT2D eigenvalue weighted by Gasteiger charge is 2.02. The zero-order valence-electron chi connectivity index (χ0n) is 10.9. The van der Waals surface area contributed by atoms with Crippen LogP contribution in [0.3, 0.4) is 0 Å². The van der Waals surface area contributed by atoms with Crippen LogP contribution in [0.15, 0.2) is 24.5 Å². The lowest BCUT2D eigenvalue weighted by molar-refractivity contribution is -0.118. The second-order valence-corrected chi connectivity index (χ2v) is 4.40. The summed E-state index contributed by atoms with van der Waals surface area (Å²) >= 11 is 0. The Balaban J connectivity index is 2.13. The SMILES string of the molecule is CCC(=O)CCCN(C)CCc1ccncc1. The van der Waals surface area contributed by atoms with Gasteiger partial charge in [0.25, 0.3) is 0 Å². The summed E-state index contributed by atoms with van der Waals surface area (Å²) in [4.78, 5) is 17.4. The molecule has 0 atom stereocenters. The first kappa shape index (κ1) is 13.8. The van der Waals surface area contributed by atoms with Crippen molar-refractivity contribution in [3.63, 3.8) is 0 Å². The molecule has 0 amide bonds. The van der Waals surface area contributed by atoms with Crippen molar-refractivity contribution in [1.82, 2.24) is 9.88 Å². The van der Waals surface area contributed by atoms with Crippen LogP contribution in [-0.2, 0) is 11.2 Å². The van der Waals surface area contributed by atoms with Crippen molar-refractivity contribution < 1.29 is 4.79 Å². The van der Waals surface area contributed by atoms with Crippen LogP contribution in [0.25, 0.3) is 0 Å². The van der Waals surface area contributed by atoms with Gasteiger partial charge in [-0.25, -0.2) is 0 Å². The Bertz CT molecular complexity index is 324. The quantitative estimate of drug-likeness (QED) is 0.692. The number of ketones is 1. The van der Waals surface area contributed by atoms with Crippen molar-refractivity contribution >= 4 is 5.78 Å². The summed E-state index contributed by atoms with van der Waals surface area (Å²) in [6, 6.07) is 4.10. The maximum Gasteiger partial charge on any atom is 0.132 e. The van der Waals surface area contributed by atoms with E-state index in [9.17, 15) is 4.79 Å². The molecule has 0 aliphatic carbocycles. The fraction of sp³-hybridized carbons (Fsp3) is 0.571. The van der Waals surface area contributed by atoms with E-state index in [-0.39, 0.29) is 0 Å². The van der Waals surface area contributed by atoms with Gasteiger partial charge in [0.2, 0.25) is 0 Å². The smallest absolute Gasteiger partial charge is 0.132 e. The van der Waals surface area contributed by atoms with E-state index in [4.69, 9.17) is 0 Å². The fourth-order valence-electron chi connectivity index (χ4n) is 1.70. The van der Waals surface area contributed by atoms with Crippen molar-refractivity contribution in [1.29, 1.82) is 0 Å². The predicted octanol–water partition coefficient (Wildman–Crippen LogP) is 2.32. The van der Waals surface area contributed by atoms with Crippen LogP contribution >= 0.6 is 0 Å². The van der Waals surface area contributed by atoms with E-state index in [1.807, 2.05) is 19.3 Å². The number of likely N-dealkylation sites (N-methyl/N-ethyl adjacent to an activating group) is 1. The van der Waals surface area contributed by atoms with E-state index >= 15 is 0 Å². The number of rotatable bonds is 8. The highest BCUT2D eigenvalue weighted by Crippen LogP contribution is 2.01. The minimum Gasteiger partial charge on any atom is -0.306 e. The van der Waals surface area contributed by atoms with Crippen LogP contribution in [0.2, 0.25) is 0 Å². The van der Waals surface area contributed by atoms with Gasteiger partial charge >= 0.3 is 0 Å². The summed E-state index contributed by atoms with van der Waals surface area (Å²) in [5.41, 5.74) is 1.32. The van der Waals surface area contributed by atoms with Gasteiger partial charge in [-0.05, 0) is 44.1 Å². The van der Waals surface area contributed by atoms with E-state index < -0.39 is 0 Å². The molecule has 1 rings (SSSR count). The third-order valence-corrected chi connectivity index (χ3v) is 2.92. The molecule has 1 aromatic heterocycles. The molecule has 0 unspecified atom stereocenters. The monoisotopic (exact) mass is 234 g/mol. The summed E-state index contributed by atoms with van der Waals surface area (Å²) in [6.45, 7) is 3.95. The molecule has 1 heterocycles. The molecule has 0 bridgehead atoms. The average molecular weight is 234 g/mol. The molecule has 94 valence electrons. The summed E-state index contributed by atoms with van der Waals surface area (Å²) in [7, 11) is 2.11. The topological polar surface area (TPSA) is 33.2 Å². The number of nitrogens with zero attached hydrogens (tertiary/aromatic N) is 2. The van der Waals surface area contributed by atoms with Gasteiger partial charge in [0, 0.05) is 31.8 Å². The Labute approximate surface area is 104 Å². The summed E-state index contributed by atoms with van der Waals surface area (Å²) in [5.74, 6) is 0.368. The van der Waals surface area contributed by atoms with E-state index in [1.54, 1.807) is 0 Å². The van der Waals surface area contributed by atoms with Crippen molar-refractivity contribution in [2.24, 2.45) is 0 Å². The number of Topliss-reactive ketones (excluding diaryl/α,β-unsaturated/α-hetero) is 1. The maximum atomic E-state index is 11.1. The molecule has 3 nitrogen and oxygen atoms in total.